The van der Waals surface area contributed by atoms with Gasteiger partial charge in [0.05, 0.1) is 5.56 Å². The molecule has 1 saturated heterocycles. The number of hydrogen-bond donors (Lipinski definition) is 0. The number of piperidine rings is 1. The molecule has 1 aromatic rings. The standard InChI is InChI=1S/C13H16BrNO2.ClH/c1-15-7-5-12(6-8-15)17-13(16)10-3-2-4-11(14)9-10;/h2-4,9,12H,5-8H2,1H3;1H/p-1. The van der Waals surface area contributed by atoms with Crippen molar-refractivity contribution in [2.75, 3.05) is 20.1 Å². The van der Waals surface area contributed by atoms with Gasteiger partial charge >= 0.3 is 5.97 Å². The summed E-state index contributed by atoms with van der Waals surface area (Å²) in [4.78, 5) is 14.1. The van der Waals surface area contributed by atoms with E-state index in [9.17, 15) is 4.79 Å². The summed E-state index contributed by atoms with van der Waals surface area (Å²) in [5.41, 5.74) is 0.610. The van der Waals surface area contributed by atoms with E-state index in [0.29, 0.717) is 5.56 Å². The minimum atomic E-state index is -0.221. The molecule has 1 aliphatic heterocycles. The second-order valence-electron chi connectivity index (χ2n) is 4.42. The van der Waals surface area contributed by atoms with Crippen LogP contribution in [-0.4, -0.2) is 37.1 Å². The number of likely N-dealkylation sites (tertiary alicyclic amines) is 1. The van der Waals surface area contributed by atoms with Gasteiger partial charge in [-0.1, -0.05) is 22.0 Å². The molecular formula is C13H16BrClNO2-. The van der Waals surface area contributed by atoms with Crippen LogP contribution in [0.25, 0.3) is 0 Å². The maximum Gasteiger partial charge on any atom is 0.338 e. The fourth-order valence-corrected chi connectivity index (χ4v) is 2.34. The van der Waals surface area contributed by atoms with Crippen molar-refractivity contribution in [3.8, 4) is 0 Å². The average molecular weight is 334 g/mol. The number of carbonyl (C=O) groups excluding carboxylic acids is 1. The summed E-state index contributed by atoms with van der Waals surface area (Å²) < 4.78 is 6.39. The molecule has 1 aromatic carbocycles. The summed E-state index contributed by atoms with van der Waals surface area (Å²) >= 11 is 3.35. The van der Waals surface area contributed by atoms with Gasteiger partial charge in [-0.15, -0.1) is 0 Å². The SMILES string of the molecule is CN1CCC(OC(=O)c2cccc(Br)c2)CC1.[Cl-]. The first-order valence-electron chi connectivity index (χ1n) is 5.80. The Kier molecular flexibility index (Phi) is 6.12. The minimum Gasteiger partial charge on any atom is -1.00 e. The largest absolute Gasteiger partial charge is 1.00 e. The molecule has 0 spiro atoms. The van der Waals surface area contributed by atoms with E-state index in [2.05, 4.69) is 27.9 Å². The molecule has 0 amide bonds. The van der Waals surface area contributed by atoms with E-state index in [4.69, 9.17) is 4.74 Å². The Morgan fingerprint density at radius 3 is 2.67 bits per heavy atom. The second kappa shape index (κ2) is 7.12. The molecule has 0 bridgehead atoms. The highest BCUT2D eigenvalue weighted by Crippen LogP contribution is 2.17. The van der Waals surface area contributed by atoms with Crippen LogP contribution in [-0.2, 0) is 4.74 Å². The van der Waals surface area contributed by atoms with Crippen molar-refractivity contribution in [2.24, 2.45) is 0 Å². The molecule has 100 valence electrons. The Balaban J connectivity index is 0.00000162. The van der Waals surface area contributed by atoms with E-state index in [1.807, 2.05) is 12.1 Å². The van der Waals surface area contributed by atoms with Crippen molar-refractivity contribution in [3.63, 3.8) is 0 Å². The van der Waals surface area contributed by atoms with Gasteiger partial charge < -0.3 is 22.0 Å². The van der Waals surface area contributed by atoms with Gasteiger partial charge in [0.1, 0.15) is 6.10 Å². The molecular weight excluding hydrogens is 318 g/mol. The van der Waals surface area contributed by atoms with E-state index in [1.165, 1.54) is 0 Å². The van der Waals surface area contributed by atoms with Crippen LogP contribution in [0.4, 0.5) is 0 Å². The van der Waals surface area contributed by atoms with Gasteiger partial charge in [-0.2, -0.15) is 0 Å². The molecule has 1 fully saturated rings. The highest BCUT2D eigenvalue weighted by molar-refractivity contribution is 9.10. The number of hydrogen-bond acceptors (Lipinski definition) is 3. The van der Waals surface area contributed by atoms with Crippen LogP contribution in [0.1, 0.15) is 23.2 Å². The highest BCUT2D eigenvalue weighted by atomic mass is 79.9. The van der Waals surface area contributed by atoms with Crippen LogP contribution in [0.15, 0.2) is 28.7 Å². The molecule has 1 heterocycles. The molecule has 5 heteroatoms. The fourth-order valence-electron chi connectivity index (χ4n) is 1.94. The predicted octanol–water partition coefficient (Wildman–Crippen LogP) is -0.296. The summed E-state index contributed by atoms with van der Waals surface area (Å²) in [6, 6.07) is 7.31. The molecule has 0 aliphatic carbocycles. The topological polar surface area (TPSA) is 29.5 Å². The molecule has 0 unspecified atom stereocenters. The molecule has 0 atom stereocenters. The summed E-state index contributed by atoms with van der Waals surface area (Å²) in [5, 5.41) is 0. The van der Waals surface area contributed by atoms with Crippen molar-refractivity contribution in [1.29, 1.82) is 0 Å². The van der Waals surface area contributed by atoms with Crippen molar-refractivity contribution >= 4 is 21.9 Å². The van der Waals surface area contributed by atoms with Gasteiger partial charge in [-0.3, -0.25) is 0 Å². The maximum atomic E-state index is 11.9. The Hall–Kier alpha value is -0.580. The number of rotatable bonds is 2. The van der Waals surface area contributed by atoms with Crippen LogP contribution in [0.5, 0.6) is 0 Å². The summed E-state index contributed by atoms with van der Waals surface area (Å²) in [6.45, 7) is 1.99. The van der Waals surface area contributed by atoms with Crippen molar-refractivity contribution in [2.45, 2.75) is 18.9 Å². The first kappa shape index (κ1) is 15.5. The number of benzene rings is 1. The highest BCUT2D eigenvalue weighted by Gasteiger charge is 2.20. The quantitative estimate of drug-likeness (QED) is 0.696. The first-order valence-corrected chi connectivity index (χ1v) is 6.59. The van der Waals surface area contributed by atoms with Gasteiger partial charge in [0.2, 0.25) is 0 Å². The maximum absolute atomic E-state index is 11.9. The lowest BCUT2D eigenvalue weighted by molar-refractivity contribution is -0.0000642. The normalized spacial score (nSPS) is 17.0. The Morgan fingerprint density at radius 2 is 2.06 bits per heavy atom. The number of halogens is 2. The number of esters is 1. The third-order valence-corrected chi connectivity index (χ3v) is 3.49. The van der Waals surface area contributed by atoms with E-state index < -0.39 is 0 Å². The van der Waals surface area contributed by atoms with E-state index in [-0.39, 0.29) is 24.5 Å². The summed E-state index contributed by atoms with van der Waals surface area (Å²) in [6.07, 6.45) is 1.92. The van der Waals surface area contributed by atoms with Gasteiger partial charge in [-0.05, 0) is 38.1 Å². The van der Waals surface area contributed by atoms with Gasteiger partial charge in [0, 0.05) is 17.6 Å². The van der Waals surface area contributed by atoms with E-state index in [1.54, 1.807) is 12.1 Å². The van der Waals surface area contributed by atoms with Gasteiger partial charge in [0.15, 0.2) is 0 Å². The lowest BCUT2D eigenvalue weighted by Gasteiger charge is -2.28. The zero-order chi connectivity index (χ0) is 12.3. The monoisotopic (exact) mass is 332 g/mol. The molecule has 18 heavy (non-hydrogen) atoms. The molecule has 0 aromatic heterocycles. The lowest BCUT2D eigenvalue weighted by Crippen LogP contribution is -3.00. The molecule has 0 saturated carbocycles. The Bertz CT molecular complexity index is 406. The predicted molar refractivity (Wildman–Crippen MR) is 70.1 cm³/mol. The molecule has 3 nitrogen and oxygen atoms in total. The molecule has 2 rings (SSSR count). The van der Waals surface area contributed by atoms with Crippen molar-refractivity contribution in [1.82, 2.24) is 4.90 Å². The van der Waals surface area contributed by atoms with Crippen LogP contribution in [0.3, 0.4) is 0 Å². The van der Waals surface area contributed by atoms with E-state index in [0.717, 1.165) is 30.4 Å². The number of carbonyl (C=O) groups is 1. The minimum absolute atomic E-state index is 0. The van der Waals surface area contributed by atoms with Crippen LogP contribution in [0, 0.1) is 0 Å². The third kappa shape index (κ3) is 4.26. The van der Waals surface area contributed by atoms with Crippen molar-refractivity contribution in [3.05, 3.63) is 34.3 Å². The third-order valence-electron chi connectivity index (χ3n) is 3.00. The molecule has 0 N–H and O–H groups in total. The van der Waals surface area contributed by atoms with E-state index >= 15 is 0 Å². The van der Waals surface area contributed by atoms with Gasteiger partial charge in [0.25, 0.3) is 0 Å². The lowest BCUT2D eigenvalue weighted by atomic mass is 10.1. The zero-order valence-corrected chi connectivity index (χ0v) is 12.6. The summed E-state index contributed by atoms with van der Waals surface area (Å²) in [7, 11) is 2.09. The first-order chi connectivity index (χ1) is 8.15. The molecule has 1 aliphatic rings. The van der Waals surface area contributed by atoms with Crippen LogP contribution >= 0.6 is 15.9 Å². The zero-order valence-electron chi connectivity index (χ0n) is 10.2. The fraction of sp³-hybridized carbons (Fsp3) is 0.462. The van der Waals surface area contributed by atoms with Gasteiger partial charge in [-0.25, -0.2) is 4.79 Å². The van der Waals surface area contributed by atoms with Crippen LogP contribution < -0.4 is 12.4 Å². The molecule has 0 radical (unpaired) electrons. The Labute approximate surface area is 122 Å². The smallest absolute Gasteiger partial charge is 0.338 e. The Morgan fingerprint density at radius 1 is 1.39 bits per heavy atom. The van der Waals surface area contributed by atoms with Crippen molar-refractivity contribution < 1.29 is 21.9 Å². The second-order valence-corrected chi connectivity index (χ2v) is 5.33. The summed E-state index contributed by atoms with van der Waals surface area (Å²) in [5.74, 6) is -0.221. The number of ether oxygens (including phenoxy) is 1. The average Bonchev–Trinajstić information content (AvgIpc) is 2.32. The number of nitrogens with zero attached hydrogens (tertiary/aromatic N) is 1. The van der Waals surface area contributed by atoms with Crippen LogP contribution in [0.2, 0.25) is 0 Å².